The van der Waals surface area contributed by atoms with Gasteiger partial charge in [-0.2, -0.15) is 5.10 Å². The molecular formula is C8H15N3O3S. The van der Waals surface area contributed by atoms with Crippen LogP contribution in [0.5, 0.6) is 0 Å². The van der Waals surface area contributed by atoms with Crippen LogP contribution in [0.3, 0.4) is 0 Å². The molecule has 0 unspecified atom stereocenters. The summed E-state index contributed by atoms with van der Waals surface area (Å²) in [5.41, 5.74) is 0. The lowest BCUT2D eigenvalue weighted by Crippen LogP contribution is -2.12. The van der Waals surface area contributed by atoms with Crippen molar-refractivity contribution in [3.8, 4) is 0 Å². The Labute approximate surface area is 89.1 Å². The average Bonchev–Trinajstić information content (AvgIpc) is 2.51. The predicted octanol–water partition coefficient (Wildman–Crippen LogP) is -0.0445. The largest absolute Gasteiger partial charge is 0.377 e. The maximum absolute atomic E-state index is 10.9. The Kier molecular flexibility index (Phi) is 3.83. The van der Waals surface area contributed by atoms with Crippen LogP contribution in [0.15, 0.2) is 17.3 Å². The molecule has 6 nitrogen and oxygen atoms in total. The number of hydrogen-bond donors (Lipinski definition) is 1. The van der Waals surface area contributed by atoms with Crippen LogP contribution < -0.4 is 5.14 Å². The highest BCUT2D eigenvalue weighted by atomic mass is 32.2. The second kappa shape index (κ2) is 4.73. The molecule has 0 amide bonds. The van der Waals surface area contributed by atoms with Crippen LogP contribution in [0.1, 0.15) is 13.8 Å². The second-order valence-electron chi connectivity index (χ2n) is 3.40. The van der Waals surface area contributed by atoms with Crippen LogP contribution in [0.25, 0.3) is 0 Å². The summed E-state index contributed by atoms with van der Waals surface area (Å²) in [7, 11) is -3.65. The molecule has 1 aromatic heterocycles. The highest BCUT2D eigenvalue weighted by molar-refractivity contribution is 7.89. The topological polar surface area (TPSA) is 87.2 Å². The van der Waals surface area contributed by atoms with Gasteiger partial charge in [0, 0.05) is 6.20 Å². The lowest BCUT2D eigenvalue weighted by atomic mass is 10.5. The van der Waals surface area contributed by atoms with Crippen molar-refractivity contribution < 1.29 is 13.2 Å². The van der Waals surface area contributed by atoms with Crippen molar-refractivity contribution in [2.75, 3.05) is 6.61 Å². The van der Waals surface area contributed by atoms with Gasteiger partial charge in [0.25, 0.3) is 0 Å². The molecule has 0 radical (unpaired) electrons. The van der Waals surface area contributed by atoms with E-state index in [0.717, 1.165) is 0 Å². The van der Waals surface area contributed by atoms with Crippen molar-refractivity contribution in [1.29, 1.82) is 0 Å². The number of primary sulfonamides is 1. The number of ether oxygens (including phenoxy) is 1. The molecule has 0 saturated carbocycles. The molecule has 7 heteroatoms. The molecule has 1 heterocycles. The molecular weight excluding hydrogens is 218 g/mol. The third-order valence-electron chi connectivity index (χ3n) is 1.71. The highest BCUT2D eigenvalue weighted by Gasteiger charge is 2.10. The Balaban J connectivity index is 2.54. The molecule has 0 aromatic carbocycles. The molecule has 86 valence electrons. The van der Waals surface area contributed by atoms with Gasteiger partial charge in [-0.3, -0.25) is 4.68 Å². The lowest BCUT2D eigenvalue weighted by molar-refractivity contribution is 0.0709. The van der Waals surface area contributed by atoms with Crippen LogP contribution in [0.4, 0.5) is 0 Å². The molecule has 1 aromatic rings. The maximum Gasteiger partial charge on any atom is 0.241 e. The number of aromatic nitrogens is 2. The number of nitrogens with zero attached hydrogens (tertiary/aromatic N) is 2. The highest BCUT2D eigenvalue weighted by Crippen LogP contribution is 2.03. The third kappa shape index (κ3) is 3.98. The first-order valence-electron chi connectivity index (χ1n) is 4.56. The van der Waals surface area contributed by atoms with Gasteiger partial charge >= 0.3 is 0 Å². The van der Waals surface area contributed by atoms with Crippen molar-refractivity contribution in [3.05, 3.63) is 12.4 Å². The summed E-state index contributed by atoms with van der Waals surface area (Å²) in [5, 5.41) is 8.79. The molecule has 0 atom stereocenters. The van der Waals surface area contributed by atoms with Gasteiger partial charge in [-0.05, 0) is 13.8 Å². The smallest absolute Gasteiger partial charge is 0.241 e. The van der Waals surface area contributed by atoms with Crippen molar-refractivity contribution in [2.45, 2.75) is 31.4 Å². The van der Waals surface area contributed by atoms with Gasteiger partial charge in [-0.1, -0.05) is 0 Å². The third-order valence-corrected chi connectivity index (χ3v) is 2.58. The second-order valence-corrected chi connectivity index (χ2v) is 4.97. The van der Waals surface area contributed by atoms with Crippen molar-refractivity contribution in [1.82, 2.24) is 9.78 Å². The van der Waals surface area contributed by atoms with Crippen LogP contribution in [0, 0.1) is 0 Å². The zero-order valence-electron chi connectivity index (χ0n) is 8.75. The summed E-state index contributed by atoms with van der Waals surface area (Å²) >= 11 is 0. The summed E-state index contributed by atoms with van der Waals surface area (Å²) in [5.74, 6) is 0. The van der Waals surface area contributed by atoms with Gasteiger partial charge in [0.05, 0.1) is 25.5 Å². The standard InChI is InChI=1S/C8H15N3O3S/c1-7(2)14-4-3-11-6-8(5-10-11)15(9,12)13/h5-7H,3-4H2,1-2H3,(H2,9,12,13). The molecule has 2 N–H and O–H groups in total. The van der Waals surface area contributed by atoms with E-state index in [2.05, 4.69) is 5.10 Å². The summed E-state index contributed by atoms with van der Waals surface area (Å²) < 4.78 is 28.6. The fourth-order valence-corrected chi connectivity index (χ4v) is 1.46. The Morgan fingerprint density at radius 2 is 2.27 bits per heavy atom. The van der Waals surface area contributed by atoms with Crippen LogP contribution in [-0.2, 0) is 21.3 Å². The zero-order chi connectivity index (χ0) is 11.5. The van der Waals surface area contributed by atoms with Gasteiger partial charge in [0.2, 0.25) is 10.0 Å². The van der Waals surface area contributed by atoms with E-state index in [1.54, 1.807) is 0 Å². The molecule has 0 spiro atoms. The van der Waals surface area contributed by atoms with Gasteiger partial charge in [0.15, 0.2) is 0 Å². The van der Waals surface area contributed by atoms with Crippen LogP contribution in [0.2, 0.25) is 0 Å². The van der Waals surface area contributed by atoms with Gasteiger partial charge < -0.3 is 4.74 Å². The summed E-state index contributed by atoms with van der Waals surface area (Å²) in [6.45, 7) is 4.86. The van der Waals surface area contributed by atoms with E-state index >= 15 is 0 Å². The van der Waals surface area contributed by atoms with Crippen molar-refractivity contribution >= 4 is 10.0 Å². The van der Waals surface area contributed by atoms with E-state index in [0.29, 0.717) is 13.2 Å². The molecule has 0 aliphatic heterocycles. The van der Waals surface area contributed by atoms with Crippen molar-refractivity contribution in [3.63, 3.8) is 0 Å². The molecule has 0 aliphatic rings. The first kappa shape index (κ1) is 12.2. The summed E-state index contributed by atoms with van der Waals surface area (Å²) in [6, 6.07) is 0. The maximum atomic E-state index is 10.9. The number of sulfonamides is 1. The summed E-state index contributed by atoms with van der Waals surface area (Å²) in [4.78, 5) is 0.0204. The van der Waals surface area contributed by atoms with Gasteiger partial charge in [-0.15, -0.1) is 0 Å². The van der Waals surface area contributed by atoms with Gasteiger partial charge in [-0.25, -0.2) is 13.6 Å². The van der Waals surface area contributed by atoms with Crippen LogP contribution in [-0.4, -0.2) is 30.9 Å². The van der Waals surface area contributed by atoms with E-state index in [1.807, 2.05) is 13.8 Å². The molecule has 0 bridgehead atoms. The number of rotatable bonds is 5. The first-order chi connectivity index (χ1) is 6.89. The van der Waals surface area contributed by atoms with E-state index in [4.69, 9.17) is 9.88 Å². The monoisotopic (exact) mass is 233 g/mol. The average molecular weight is 233 g/mol. The summed E-state index contributed by atoms with van der Waals surface area (Å²) in [6.07, 6.45) is 2.77. The Morgan fingerprint density at radius 1 is 1.60 bits per heavy atom. The fraction of sp³-hybridized carbons (Fsp3) is 0.625. The minimum absolute atomic E-state index is 0.0204. The van der Waals surface area contributed by atoms with Gasteiger partial charge in [0.1, 0.15) is 4.90 Å². The van der Waals surface area contributed by atoms with E-state index in [9.17, 15) is 8.42 Å². The minimum atomic E-state index is -3.65. The quantitative estimate of drug-likeness (QED) is 0.772. The van der Waals surface area contributed by atoms with Crippen LogP contribution >= 0.6 is 0 Å². The molecule has 15 heavy (non-hydrogen) atoms. The SMILES string of the molecule is CC(C)OCCn1cc(S(N)(=O)=O)cn1. The molecule has 1 rings (SSSR count). The Hall–Kier alpha value is -0.920. The normalized spacial score (nSPS) is 12.3. The Bertz CT molecular complexity index is 411. The number of hydrogen-bond acceptors (Lipinski definition) is 4. The van der Waals surface area contributed by atoms with Crippen molar-refractivity contribution in [2.24, 2.45) is 5.14 Å². The lowest BCUT2D eigenvalue weighted by Gasteiger charge is -2.06. The number of nitrogens with two attached hydrogens (primary N) is 1. The predicted molar refractivity (Wildman–Crippen MR) is 54.7 cm³/mol. The van der Waals surface area contributed by atoms with E-state index in [1.165, 1.54) is 17.1 Å². The first-order valence-corrected chi connectivity index (χ1v) is 6.11. The molecule has 0 aliphatic carbocycles. The zero-order valence-corrected chi connectivity index (χ0v) is 9.57. The minimum Gasteiger partial charge on any atom is -0.377 e. The molecule has 0 fully saturated rings. The Morgan fingerprint density at radius 3 is 2.73 bits per heavy atom. The van der Waals surface area contributed by atoms with E-state index < -0.39 is 10.0 Å². The fourth-order valence-electron chi connectivity index (χ4n) is 0.996. The van der Waals surface area contributed by atoms with E-state index in [-0.39, 0.29) is 11.0 Å². The molecule has 0 saturated heterocycles.